The summed E-state index contributed by atoms with van der Waals surface area (Å²) in [5, 5.41) is 7.49. The second kappa shape index (κ2) is 8.72. The van der Waals surface area contributed by atoms with Gasteiger partial charge in [-0.25, -0.2) is 4.79 Å². The Morgan fingerprint density at radius 2 is 1.70 bits per heavy atom. The van der Waals surface area contributed by atoms with Gasteiger partial charge in [-0.15, -0.1) is 4.98 Å². The lowest BCUT2D eigenvalue weighted by Gasteiger charge is -2.22. The molecule has 0 spiro atoms. The van der Waals surface area contributed by atoms with Gasteiger partial charge in [-0.1, -0.05) is 20.8 Å². The van der Waals surface area contributed by atoms with E-state index in [0.29, 0.717) is 37.9 Å². The highest BCUT2D eigenvalue weighted by atomic mass is 16.5. The van der Waals surface area contributed by atoms with Crippen molar-refractivity contribution in [2.45, 2.75) is 32.6 Å². The van der Waals surface area contributed by atoms with Crippen LogP contribution in [-0.4, -0.2) is 76.1 Å². The molecule has 2 amide bonds. The minimum atomic E-state index is -0.147. The van der Waals surface area contributed by atoms with Crippen LogP contribution in [0.4, 0.5) is 16.6 Å². The first kappa shape index (κ1) is 21.6. The maximum absolute atomic E-state index is 12.8. The number of urea groups is 1. The molecule has 11 heteroatoms. The molecule has 164 valence electrons. The number of hydrogen-bond donors (Lipinski definition) is 1. The second-order valence-corrected chi connectivity index (χ2v) is 8.16. The normalized spacial score (nSPS) is 15.0. The standard InChI is InChI=1S/C19H30N8O3/c1-19(2,3)13-12-14(25(4)24-13)20-18(28)27-9-7-8-26(10-11-27)15-21-16(29-5)23-17(22-15)30-6/h12H,7-11H2,1-6H3,(H,20,28). The number of aromatic nitrogens is 5. The molecule has 2 aromatic heterocycles. The Hall–Kier alpha value is -3.11. The summed E-state index contributed by atoms with van der Waals surface area (Å²) in [4.78, 5) is 29.3. The summed E-state index contributed by atoms with van der Waals surface area (Å²) < 4.78 is 12.0. The molecule has 0 aliphatic carbocycles. The molecule has 1 N–H and O–H groups in total. The zero-order chi connectivity index (χ0) is 21.9. The van der Waals surface area contributed by atoms with Crippen LogP contribution in [0.2, 0.25) is 0 Å². The largest absolute Gasteiger partial charge is 0.467 e. The highest BCUT2D eigenvalue weighted by molar-refractivity contribution is 5.88. The topological polar surface area (TPSA) is 111 Å². The molecule has 2 aromatic rings. The molecule has 1 fully saturated rings. The highest BCUT2D eigenvalue weighted by Crippen LogP contribution is 2.24. The number of carbonyl (C=O) groups excluding carboxylic acids is 1. The van der Waals surface area contributed by atoms with E-state index in [9.17, 15) is 4.79 Å². The van der Waals surface area contributed by atoms with Gasteiger partial charge in [0.05, 0.1) is 19.9 Å². The maximum Gasteiger partial charge on any atom is 0.324 e. The summed E-state index contributed by atoms with van der Waals surface area (Å²) in [6.07, 6.45) is 0.780. The van der Waals surface area contributed by atoms with E-state index in [2.05, 4.69) is 46.1 Å². The number of amides is 2. The van der Waals surface area contributed by atoms with Gasteiger partial charge in [0, 0.05) is 44.7 Å². The van der Waals surface area contributed by atoms with Crippen LogP contribution in [0.15, 0.2) is 6.07 Å². The van der Waals surface area contributed by atoms with Gasteiger partial charge in [-0.3, -0.25) is 10.00 Å². The molecule has 0 atom stereocenters. The maximum atomic E-state index is 12.8. The summed E-state index contributed by atoms with van der Waals surface area (Å²) >= 11 is 0. The van der Waals surface area contributed by atoms with Gasteiger partial charge < -0.3 is 19.3 Å². The lowest BCUT2D eigenvalue weighted by atomic mass is 9.92. The fourth-order valence-corrected chi connectivity index (χ4v) is 3.11. The Kier molecular flexibility index (Phi) is 6.28. The van der Waals surface area contributed by atoms with E-state index >= 15 is 0 Å². The number of ether oxygens (including phenoxy) is 2. The van der Waals surface area contributed by atoms with Crippen LogP contribution in [0.25, 0.3) is 0 Å². The molecule has 3 rings (SSSR count). The van der Waals surface area contributed by atoms with E-state index in [1.54, 1.807) is 9.58 Å². The molecule has 3 heterocycles. The minimum Gasteiger partial charge on any atom is -0.467 e. The molecule has 1 saturated heterocycles. The molecule has 1 aliphatic heterocycles. The Bertz CT molecular complexity index is 870. The minimum absolute atomic E-state index is 0.0868. The first-order valence-corrected chi connectivity index (χ1v) is 9.90. The van der Waals surface area contributed by atoms with E-state index in [1.807, 2.05) is 18.0 Å². The summed E-state index contributed by atoms with van der Waals surface area (Å²) in [6.45, 7) is 8.74. The van der Waals surface area contributed by atoms with Crippen LogP contribution < -0.4 is 19.7 Å². The molecule has 1 aliphatic rings. The SMILES string of the molecule is COc1nc(OC)nc(N2CCCN(C(=O)Nc3cc(C(C)(C)C)nn3C)CC2)n1. The van der Waals surface area contributed by atoms with Crippen LogP contribution in [0.1, 0.15) is 32.9 Å². The van der Waals surface area contributed by atoms with Gasteiger partial charge in [0.25, 0.3) is 0 Å². The number of rotatable bonds is 4. The number of anilines is 2. The van der Waals surface area contributed by atoms with Gasteiger partial charge in [0.1, 0.15) is 5.82 Å². The molecular weight excluding hydrogens is 388 g/mol. The quantitative estimate of drug-likeness (QED) is 0.798. The molecule has 11 nitrogen and oxygen atoms in total. The summed E-state index contributed by atoms with van der Waals surface area (Å²) in [5.74, 6) is 1.15. The van der Waals surface area contributed by atoms with Gasteiger partial charge in [0.15, 0.2) is 0 Å². The molecular formula is C19H30N8O3. The molecule has 0 radical (unpaired) electrons. The predicted molar refractivity (Wildman–Crippen MR) is 112 cm³/mol. The third-order valence-corrected chi connectivity index (χ3v) is 4.90. The smallest absolute Gasteiger partial charge is 0.324 e. The Morgan fingerprint density at radius 1 is 1.03 bits per heavy atom. The fraction of sp³-hybridized carbons (Fsp3) is 0.632. The number of nitrogens with zero attached hydrogens (tertiary/aromatic N) is 7. The molecule has 0 bridgehead atoms. The van der Waals surface area contributed by atoms with Gasteiger partial charge >= 0.3 is 18.1 Å². The molecule has 0 saturated carbocycles. The van der Waals surface area contributed by atoms with Crippen LogP contribution in [-0.2, 0) is 12.5 Å². The Morgan fingerprint density at radius 3 is 2.27 bits per heavy atom. The van der Waals surface area contributed by atoms with Crippen molar-refractivity contribution in [3.05, 3.63) is 11.8 Å². The lowest BCUT2D eigenvalue weighted by molar-refractivity contribution is 0.215. The summed E-state index contributed by atoms with van der Waals surface area (Å²) in [7, 11) is 4.82. The molecule has 30 heavy (non-hydrogen) atoms. The number of methoxy groups -OCH3 is 2. The van der Waals surface area contributed by atoms with Crippen molar-refractivity contribution in [3.63, 3.8) is 0 Å². The van der Waals surface area contributed by atoms with Crippen molar-refractivity contribution in [1.82, 2.24) is 29.6 Å². The number of hydrogen-bond acceptors (Lipinski definition) is 8. The van der Waals surface area contributed by atoms with Crippen LogP contribution in [0.5, 0.6) is 12.0 Å². The second-order valence-electron chi connectivity index (χ2n) is 8.16. The Labute approximate surface area is 176 Å². The van der Waals surface area contributed by atoms with Crippen molar-refractivity contribution in [3.8, 4) is 12.0 Å². The van der Waals surface area contributed by atoms with E-state index in [1.165, 1.54) is 14.2 Å². The third-order valence-electron chi connectivity index (χ3n) is 4.90. The summed E-state index contributed by atoms with van der Waals surface area (Å²) in [6, 6.07) is 2.17. The third kappa shape index (κ3) is 4.89. The number of nitrogens with one attached hydrogen (secondary N) is 1. The highest BCUT2D eigenvalue weighted by Gasteiger charge is 2.24. The van der Waals surface area contributed by atoms with Gasteiger partial charge in [0.2, 0.25) is 5.95 Å². The molecule has 0 aromatic carbocycles. The van der Waals surface area contributed by atoms with Crippen LogP contribution in [0, 0.1) is 0 Å². The monoisotopic (exact) mass is 418 g/mol. The van der Waals surface area contributed by atoms with Crippen molar-refractivity contribution in [2.24, 2.45) is 7.05 Å². The lowest BCUT2D eigenvalue weighted by Crippen LogP contribution is -2.38. The van der Waals surface area contributed by atoms with Gasteiger partial charge in [-0.05, 0) is 6.42 Å². The zero-order valence-corrected chi connectivity index (χ0v) is 18.5. The first-order valence-electron chi connectivity index (χ1n) is 9.90. The van der Waals surface area contributed by atoms with Gasteiger partial charge in [-0.2, -0.15) is 15.1 Å². The van der Waals surface area contributed by atoms with E-state index in [-0.39, 0.29) is 23.5 Å². The number of carbonyl (C=O) groups is 1. The average molecular weight is 419 g/mol. The van der Waals surface area contributed by atoms with Crippen molar-refractivity contribution in [1.29, 1.82) is 0 Å². The van der Waals surface area contributed by atoms with Crippen LogP contribution >= 0.6 is 0 Å². The average Bonchev–Trinajstić information content (AvgIpc) is 2.93. The van der Waals surface area contributed by atoms with E-state index in [4.69, 9.17) is 9.47 Å². The van der Waals surface area contributed by atoms with Crippen LogP contribution in [0.3, 0.4) is 0 Å². The molecule has 0 unspecified atom stereocenters. The first-order chi connectivity index (χ1) is 14.2. The predicted octanol–water partition coefficient (Wildman–Crippen LogP) is 1.66. The van der Waals surface area contributed by atoms with E-state index in [0.717, 1.165) is 12.1 Å². The van der Waals surface area contributed by atoms with Crippen molar-refractivity contribution in [2.75, 3.05) is 50.6 Å². The fourth-order valence-electron chi connectivity index (χ4n) is 3.11. The summed E-state index contributed by atoms with van der Waals surface area (Å²) in [5.41, 5.74) is 0.844. The number of aryl methyl sites for hydroxylation is 1. The van der Waals surface area contributed by atoms with Crippen molar-refractivity contribution >= 4 is 17.8 Å². The van der Waals surface area contributed by atoms with E-state index < -0.39 is 0 Å². The van der Waals surface area contributed by atoms with Crippen molar-refractivity contribution < 1.29 is 14.3 Å². The Balaban J connectivity index is 1.67. The zero-order valence-electron chi connectivity index (χ0n) is 18.5.